The SMILES string of the molecule is CCOc1cccc(NC(=O)OC)c1COc1cc(C)c(C)cc1Br. The van der Waals surface area contributed by atoms with Gasteiger partial charge in [-0.15, -0.1) is 0 Å². The minimum atomic E-state index is -0.540. The number of nitrogens with one attached hydrogen (secondary N) is 1. The van der Waals surface area contributed by atoms with Crippen LogP contribution in [0.15, 0.2) is 34.8 Å². The molecule has 0 fully saturated rings. The molecule has 0 bridgehead atoms. The first-order valence-electron chi connectivity index (χ1n) is 7.95. The topological polar surface area (TPSA) is 56.8 Å². The Morgan fingerprint density at radius 1 is 1.12 bits per heavy atom. The summed E-state index contributed by atoms with van der Waals surface area (Å²) in [6.07, 6.45) is -0.540. The van der Waals surface area contributed by atoms with Gasteiger partial charge in [0, 0.05) is 0 Å². The Hall–Kier alpha value is -2.21. The lowest BCUT2D eigenvalue weighted by Gasteiger charge is -2.17. The molecule has 0 aliphatic carbocycles. The van der Waals surface area contributed by atoms with Gasteiger partial charge >= 0.3 is 6.09 Å². The first-order valence-corrected chi connectivity index (χ1v) is 8.74. The van der Waals surface area contributed by atoms with E-state index in [1.807, 2.05) is 45.0 Å². The van der Waals surface area contributed by atoms with Gasteiger partial charge in [-0.2, -0.15) is 0 Å². The van der Waals surface area contributed by atoms with E-state index in [1.54, 1.807) is 6.07 Å². The number of carbonyl (C=O) groups excluding carboxylic acids is 1. The summed E-state index contributed by atoms with van der Waals surface area (Å²) in [7, 11) is 1.32. The maximum absolute atomic E-state index is 11.6. The van der Waals surface area contributed by atoms with E-state index in [0.29, 0.717) is 18.0 Å². The van der Waals surface area contributed by atoms with Crippen molar-refractivity contribution in [2.45, 2.75) is 27.4 Å². The van der Waals surface area contributed by atoms with E-state index in [1.165, 1.54) is 12.7 Å². The van der Waals surface area contributed by atoms with E-state index in [2.05, 4.69) is 26.0 Å². The summed E-state index contributed by atoms with van der Waals surface area (Å²) in [5, 5.41) is 2.70. The van der Waals surface area contributed by atoms with Gasteiger partial charge in [-0.1, -0.05) is 6.07 Å². The number of halogens is 1. The smallest absolute Gasteiger partial charge is 0.411 e. The molecule has 0 radical (unpaired) electrons. The van der Waals surface area contributed by atoms with E-state index in [-0.39, 0.29) is 6.61 Å². The highest BCUT2D eigenvalue weighted by Crippen LogP contribution is 2.32. The van der Waals surface area contributed by atoms with Crippen LogP contribution in [-0.4, -0.2) is 19.8 Å². The summed E-state index contributed by atoms with van der Waals surface area (Å²) >= 11 is 3.53. The Morgan fingerprint density at radius 2 is 1.84 bits per heavy atom. The van der Waals surface area contributed by atoms with Gasteiger partial charge in [-0.25, -0.2) is 4.79 Å². The predicted molar refractivity (Wildman–Crippen MR) is 102 cm³/mol. The number of amides is 1. The van der Waals surface area contributed by atoms with E-state index < -0.39 is 6.09 Å². The summed E-state index contributed by atoms with van der Waals surface area (Å²) in [6, 6.07) is 9.45. The molecule has 0 saturated carbocycles. The molecule has 0 saturated heterocycles. The summed E-state index contributed by atoms with van der Waals surface area (Å²) in [5.74, 6) is 1.40. The van der Waals surface area contributed by atoms with Gasteiger partial charge < -0.3 is 14.2 Å². The highest BCUT2D eigenvalue weighted by atomic mass is 79.9. The summed E-state index contributed by atoms with van der Waals surface area (Å²) in [6.45, 7) is 6.75. The molecule has 6 heteroatoms. The van der Waals surface area contributed by atoms with Crippen molar-refractivity contribution in [2.24, 2.45) is 0 Å². The molecular weight excluding hydrogens is 386 g/mol. The molecule has 0 aliphatic rings. The van der Waals surface area contributed by atoms with Crippen LogP contribution in [0.25, 0.3) is 0 Å². The van der Waals surface area contributed by atoms with Crippen LogP contribution in [0.3, 0.4) is 0 Å². The molecule has 5 nitrogen and oxygen atoms in total. The molecule has 0 heterocycles. The van der Waals surface area contributed by atoms with E-state index >= 15 is 0 Å². The molecule has 2 aromatic carbocycles. The Labute approximate surface area is 156 Å². The van der Waals surface area contributed by atoms with Crippen LogP contribution in [0.5, 0.6) is 11.5 Å². The summed E-state index contributed by atoms with van der Waals surface area (Å²) < 4.78 is 17.2. The van der Waals surface area contributed by atoms with Crippen LogP contribution in [0, 0.1) is 13.8 Å². The lowest BCUT2D eigenvalue weighted by Crippen LogP contribution is -2.14. The van der Waals surface area contributed by atoms with Crippen LogP contribution >= 0.6 is 15.9 Å². The molecular formula is C19H22BrNO4. The zero-order chi connectivity index (χ0) is 18.4. The van der Waals surface area contributed by atoms with Gasteiger partial charge in [-0.05, 0) is 72.1 Å². The number of aryl methyl sites for hydroxylation is 2. The minimum Gasteiger partial charge on any atom is -0.493 e. The molecule has 0 aliphatic heterocycles. The molecule has 0 atom stereocenters. The Kier molecular flexibility index (Phi) is 6.70. The molecule has 0 aromatic heterocycles. The van der Waals surface area contributed by atoms with Crippen LogP contribution in [0.1, 0.15) is 23.6 Å². The number of hydrogen-bond acceptors (Lipinski definition) is 4. The fourth-order valence-electron chi connectivity index (χ4n) is 2.30. The zero-order valence-corrected chi connectivity index (χ0v) is 16.4. The van der Waals surface area contributed by atoms with Crippen LogP contribution in [0.2, 0.25) is 0 Å². The maximum atomic E-state index is 11.6. The van der Waals surface area contributed by atoms with Gasteiger partial charge in [0.2, 0.25) is 0 Å². The monoisotopic (exact) mass is 407 g/mol. The lowest BCUT2D eigenvalue weighted by molar-refractivity contribution is 0.187. The average molecular weight is 408 g/mol. The van der Waals surface area contributed by atoms with Gasteiger partial charge in [0.25, 0.3) is 0 Å². The molecule has 134 valence electrons. The fraction of sp³-hybridized carbons (Fsp3) is 0.316. The molecule has 2 aromatic rings. The Bertz CT molecular complexity index is 761. The number of benzene rings is 2. The van der Waals surface area contributed by atoms with Gasteiger partial charge in [0.1, 0.15) is 18.1 Å². The van der Waals surface area contributed by atoms with Gasteiger partial charge in [0.05, 0.1) is 29.4 Å². The van der Waals surface area contributed by atoms with Crippen molar-refractivity contribution in [3.05, 3.63) is 51.5 Å². The van der Waals surface area contributed by atoms with Gasteiger partial charge in [-0.3, -0.25) is 5.32 Å². The summed E-state index contributed by atoms with van der Waals surface area (Å²) in [5.41, 5.74) is 3.67. The van der Waals surface area contributed by atoms with Crippen LogP contribution in [-0.2, 0) is 11.3 Å². The van der Waals surface area contributed by atoms with Crippen LogP contribution < -0.4 is 14.8 Å². The van der Waals surface area contributed by atoms with E-state index in [4.69, 9.17) is 9.47 Å². The molecule has 0 unspecified atom stereocenters. The Balaban J connectivity index is 2.30. The number of methoxy groups -OCH3 is 1. The molecule has 1 N–H and O–H groups in total. The minimum absolute atomic E-state index is 0.247. The second kappa shape index (κ2) is 8.76. The van der Waals surface area contributed by atoms with Crippen molar-refractivity contribution >= 4 is 27.7 Å². The number of carbonyl (C=O) groups is 1. The lowest BCUT2D eigenvalue weighted by atomic mass is 10.1. The number of hydrogen-bond donors (Lipinski definition) is 1. The van der Waals surface area contributed by atoms with Crippen molar-refractivity contribution in [1.29, 1.82) is 0 Å². The van der Waals surface area contributed by atoms with Crippen molar-refractivity contribution in [3.8, 4) is 11.5 Å². The second-order valence-electron chi connectivity index (χ2n) is 5.49. The fourth-order valence-corrected chi connectivity index (χ4v) is 2.87. The Morgan fingerprint density at radius 3 is 2.52 bits per heavy atom. The quantitative estimate of drug-likeness (QED) is 0.712. The average Bonchev–Trinajstić information content (AvgIpc) is 2.58. The van der Waals surface area contributed by atoms with E-state index in [9.17, 15) is 4.79 Å². The third-order valence-corrected chi connectivity index (χ3v) is 4.39. The predicted octanol–water partition coefficient (Wildman–Crippen LogP) is 5.22. The molecule has 0 spiro atoms. The first kappa shape index (κ1) is 19.1. The highest BCUT2D eigenvalue weighted by Gasteiger charge is 2.14. The normalized spacial score (nSPS) is 10.3. The molecule has 1 amide bonds. The number of rotatable bonds is 6. The van der Waals surface area contributed by atoms with E-state index in [0.717, 1.165) is 21.3 Å². The zero-order valence-electron chi connectivity index (χ0n) is 14.8. The second-order valence-corrected chi connectivity index (χ2v) is 6.34. The molecule has 25 heavy (non-hydrogen) atoms. The van der Waals surface area contributed by atoms with Crippen molar-refractivity contribution in [3.63, 3.8) is 0 Å². The van der Waals surface area contributed by atoms with Crippen molar-refractivity contribution in [1.82, 2.24) is 0 Å². The maximum Gasteiger partial charge on any atom is 0.411 e. The third-order valence-electron chi connectivity index (χ3n) is 3.78. The van der Waals surface area contributed by atoms with Crippen molar-refractivity contribution in [2.75, 3.05) is 19.0 Å². The largest absolute Gasteiger partial charge is 0.493 e. The molecule has 2 rings (SSSR count). The van der Waals surface area contributed by atoms with Gasteiger partial charge in [0.15, 0.2) is 0 Å². The third kappa shape index (κ3) is 4.89. The van der Waals surface area contributed by atoms with Crippen LogP contribution in [0.4, 0.5) is 10.5 Å². The van der Waals surface area contributed by atoms with Crippen molar-refractivity contribution < 1.29 is 19.0 Å². The highest BCUT2D eigenvalue weighted by molar-refractivity contribution is 9.10. The standard InChI is InChI=1S/C19H22BrNO4/c1-5-24-17-8-6-7-16(21-19(22)23-4)14(17)11-25-18-10-13(3)12(2)9-15(18)20/h6-10H,5,11H2,1-4H3,(H,21,22). The number of ether oxygens (including phenoxy) is 3. The summed E-state index contributed by atoms with van der Waals surface area (Å²) in [4.78, 5) is 11.6. The first-order chi connectivity index (χ1) is 12.0. The number of anilines is 1.